The van der Waals surface area contributed by atoms with Crippen LogP contribution in [0.15, 0.2) is 12.3 Å². The number of hydrogen-bond donors (Lipinski definition) is 0. The van der Waals surface area contributed by atoms with Crippen LogP contribution in [0.1, 0.15) is 101 Å². The Bertz CT molecular complexity index is 1060. The van der Waals surface area contributed by atoms with Gasteiger partial charge in [-0.2, -0.15) is 0 Å². The van der Waals surface area contributed by atoms with Gasteiger partial charge in [-0.15, -0.1) is 0 Å². The summed E-state index contributed by atoms with van der Waals surface area (Å²) in [6.45, 7) is 7.25. The van der Waals surface area contributed by atoms with Gasteiger partial charge in [0.15, 0.2) is 12.1 Å². The Balaban J connectivity index is 1.10. The molecule has 4 aliphatic carbocycles. The highest BCUT2D eigenvalue weighted by Gasteiger charge is 2.58. The molecule has 0 N–H and O–H groups in total. The minimum Gasteiger partial charge on any atom is -0.381 e. The first-order valence-corrected chi connectivity index (χ1v) is 15.3. The van der Waals surface area contributed by atoms with Gasteiger partial charge in [-0.25, -0.2) is 13.4 Å². The molecule has 6 heteroatoms. The largest absolute Gasteiger partial charge is 0.381 e. The van der Waals surface area contributed by atoms with Crippen LogP contribution in [0.5, 0.6) is 0 Å². The summed E-state index contributed by atoms with van der Waals surface area (Å²) >= 11 is 0. The van der Waals surface area contributed by atoms with E-state index in [-0.39, 0.29) is 11.0 Å². The molecular weight excluding hydrogens is 482 g/mol. The summed E-state index contributed by atoms with van der Waals surface area (Å²) < 4.78 is 36.2. The maximum absolute atomic E-state index is 14.0. The molecule has 2 heterocycles. The number of aromatic nitrogens is 1. The van der Waals surface area contributed by atoms with Crippen molar-refractivity contribution in [2.24, 2.45) is 29.1 Å². The van der Waals surface area contributed by atoms with Crippen molar-refractivity contribution in [1.82, 2.24) is 4.98 Å². The number of ketones is 1. The summed E-state index contributed by atoms with van der Waals surface area (Å²) in [4.78, 5) is 18.4. The Kier molecular flexibility index (Phi) is 7.24. The van der Waals surface area contributed by atoms with Gasteiger partial charge in [-0.1, -0.05) is 6.42 Å². The van der Waals surface area contributed by atoms with Gasteiger partial charge in [0.2, 0.25) is 0 Å². The number of Topliss-reactive ketones (excluding diaryl/α,β-unsaturated/α-hetero) is 1. The molecule has 38 heavy (non-hydrogen) atoms. The lowest BCUT2D eigenvalue weighted by Gasteiger charge is -2.32. The van der Waals surface area contributed by atoms with Crippen molar-refractivity contribution in [3.8, 4) is 0 Å². The number of nitrogens with zero attached hydrogens (tertiary/aromatic N) is 2. The Labute approximate surface area is 226 Å². The monoisotopic (exact) mass is 527 g/mol. The quantitative estimate of drug-likeness (QED) is 0.220. The summed E-state index contributed by atoms with van der Waals surface area (Å²) in [6.07, 6.45) is 15.7. The zero-order valence-corrected chi connectivity index (χ0v) is 23.1. The van der Waals surface area contributed by atoms with E-state index >= 15 is 0 Å². The van der Waals surface area contributed by atoms with E-state index in [0.29, 0.717) is 42.0 Å². The molecule has 5 aliphatic rings. The molecule has 1 saturated heterocycles. The average Bonchev–Trinajstić information content (AvgIpc) is 3.61. The molecule has 6 rings (SSSR count). The van der Waals surface area contributed by atoms with Crippen LogP contribution < -0.4 is 0 Å². The third kappa shape index (κ3) is 5.11. The van der Waals surface area contributed by atoms with Crippen LogP contribution in [0.25, 0.3) is 0 Å². The van der Waals surface area contributed by atoms with Gasteiger partial charge in [0.25, 0.3) is 5.92 Å². The minimum atomic E-state index is -2.87. The van der Waals surface area contributed by atoms with Crippen LogP contribution in [0.2, 0.25) is 0 Å². The lowest BCUT2D eigenvalue weighted by molar-refractivity contribution is -0.607. The van der Waals surface area contributed by atoms with Crippen LogP contribution >= 0.6 is 0 Å². The third-order valence-corrected chi connectivity index (χ3v) is 11.0. The first kappa shape index (κ1) is 26.5. The van der Waals surface area contributed by atoms with Gasteiger partial charge in [-0.3, -0.25) is 9.78 Å². The van der Waals surface area contributed by atoms with Gasteiger partial charge in [0, 0.05) is 61.4 Å². The smallest absolute Gasteiger partial charge is 0.272 e. The topological polar surface area (TPSA) is 42.2 Å². The van der Waals surface area contributed by atoms with Crippen molar-refractivity contribution in [3.05, 3.63) is 29.1 Å². The van der Waals surface area contributed by atoms with Crippen LogP contribution in [-0.4, -0.2) is 47.4 Å². The Morgan fingerprint density at radius 3 is 2.87 bits per heavy atom. The predicted octanol–water partition coefficient (Wildman–Crippen LogP) is 6.51. The summed E-state index contributed by atoms with van der Waals surface area (Å²) in [6, 6.07) is 2.56. The number of alkyl halides is 2. The maximum Gasteiger partial charge on any atom is 0.272 e. The minimum absolute atomic E-state index is 0.00356. The van der Waals surface area contributed by atoms with E-state index < -0.39 is 5.92 Å². The van der Waals surface area contributed by atoms with Crippen LogP contribution in [0.4, 0.5) is 8.78 Å². The molecule has 0 aromatic carbocycles. The van der Waals surface area contributed by atoms with Crippen molar-refractivity contribution in [3.63, 3.8) is 0 Å². The number of fused-ring (bicyclic) bond motifs is 2. The lowest BCUT2D eigenvalue weighted by Crippen LogP contribution is -2.45. The number of aryl methyl sites for hydroxylation is 1. The molecule has 1 aromatic rings. The molecule has 4 nitrogen and oxygen atoms in total. The van der Waals surface area contributed by atoms with Crippen molar-refractivity contribution in [1.29, 1.82) is 0 Å². The fraction of sp³-hybridized carbons (Fsp3) is 0.781. The molecule has 0 amide bonds. The number of rotatable bonds is 8. The SMILES string of the molecule is C=[N+](C1CC2CCCC2(C(=O)CCC2CCCc3ncc(C(C)(F)F)cc3C2)C1)C1CCOCC1C1CC1. The zero-order chi connectivity index (χ0) is 26.5. The number of ether oxygens (including phenoxy) is 1. The second-order valence-corrected chi connectivity index (χ2v) is 13.4. The van der Waals surface area contributed by atoms with Gasteiger partial charge in [0.05, 0.1) is 13.2 Å². The molecular formula is C32H45F2N2O2+. The van der Waals surface area contributed by atoms with E-state index in [2.05, 4.69) is 16.3 Å². The molecule has 3 saturated carbocycles. The van der Waals surface area contributed by atoms with Crippen molar-refractivity contribution in [2.45, 2.75) is 115 Å². The standard InChI is InChI=1S/C32H45F2N2O2/c1-31(33,34)25-16-23-15-21(5-3-7-28(23)35-19-25)8-11-30(37)32-13-4-6-24(32)17-26(18-32)36(2)29-12-14-38-20-27(29)22-9-10-22/h16,19,21-22,24,26-27,29H,2-15,17-18,20H2,1H3/q+1. The van der Waals surface area contributed by atoms with E-state index in [1.54, 1.807) is 6.07 Å². The molecule has 0 radical (unpaired) electrons. The van der Waals surface area contributed by atoms with Crippen LogP contribution in [0.3, 0.4) is 0 Å². The van der Waals surface area contributed by atoms with Crippen molar-refractivity contribution >= 4 is 12.5 Å². The van der Waals surface area contributed by atoms with E-state index in [4.69, 9.17) is 4.74 Å². The van der Waals surface area contributed by atoms with Crippen molar-refractivity contribution < 1.29 is 22.9 Å². The summed E-state index contributed by atoms with van der Waals surface area (Å²) in [5.74, 6) is -0.132. The Morgan fingerprint density at radius 1 is 1.24 bits per heavy atom. The predicted molar refractivity (Wildman–Crippen MR) is 144 cm³/mol. The maximum atomic E-state index is 14.0. The molecule has 208 valence electrons. The molecule has 0 spiro atoms. The Morgan fingerprint density at radius 2 is 2.08 bits per heavy atom. The molecule has 1 aliphatic heterocycles. The molecule has 0 bridgehead atoms. The summed E-state index contributed by atoms with van der Waals surface area (Å²) in [5.41, 5.74) is 1.77. The number of hydrogen-bond acceptors (Lipinski definition) is 3. The molecule has 6 unspecified atom stereocenters. The van der Waals surface area contributed by atoms with Crippen molar-refractivity contribution in [2.75, 3.05) is 13.2 Å². The number of carbonyl (C=O) groups excluding carboxylic acids is 1. The molecule has 6 atom stereocenters. The molecule has 1 aromatic heterocycles. The second kappa shape index (κ2) is 10.4. The average molecular weight is 528 g/mol. The number of pyridine rings is 1. The molecule has 4 fully saturated rings. The normalized spacial score (nSPS) is 35.4. The summed E-state index contributed by atoms with van der Waals surface area (Å²) in [5, 5.41) is 0. The van der Waals surface area contributed by atoms with E-state index in [9.17, 15) is 13.6 Å². The fourth-order valence-corrected chi connectivity index (χ4v) is 8.71. The first-order chi connectivity index (χ1) is 18.2. The van der Waals surface area contributed by atoms with Gasteiger partial charge in [0.1, 0.15) is 12.5 Å². The first-order valence-electron chi connectivity index (χ1n) is 15.3. The highest BCUT2D eigenvalue weighted by Crippen LogP contribution is 2.57. The highest BCUT2D eigenvalue weighted by molar-refractivity contribution is 5.86. The van der Waals surface area contributed by atoms with Gasteiger partial charge >= 0.3 is 0 Å². The third-order valence-electron chi connectivity index (χ3n) is 11.0. The van der Waals surface area contributed by atoms with Crippen LogP contribution in [0, 0.1) is 29.1 Å². The van der Waals surface area contributed by atoms with E-state index in [1.165, 1.54) is 31.9 Å². The number of carbonyl (C=O) groups is 1. The zero-order valence-electron chi connectivity index (χ0n) is 23.1. The fourth-order valence-electron chi connectivity index (χ4n) is 8.71. The van der Waals surface area contributed by atoms with E-state index in [1.807, 2.05) is 0 Å². The number of halogens is 2. The second-order valence-electron chi connectivity index (χ2n) is 13.4. The van der Waals surface area contributed by atoms with E-state index in [0.717, 1.165) is 95.1 Å². The highest BCUT2D eigenvalue weighted by atomic mass is 19.3. The lowest BCUT2D eigenvalue weighted by atomic mass is 9.74. The Hall–Kier alpha value is -1.69. The van der Waals surface area contributed by atoms with Crippen LogP contribution in [-0.2, 0) is 28.3 Å². The van der Waals surface area contributed by atoms with Gasteiger partial charge < -0.3 is 4.74 Å². The summed E-state index contributed by atoms with van der Waals surface area (Å²) in [7, 11) is 0. The van der Waals surface area contributed by atoms with Gasteiger partial charge in [-0.05, 0) is 87.2 Å².